The lowest BCUT2D eigenvalue weighted by atomic mass is 9.95. The highest BCUT2D eigenvalue weighted by atomic mass is 17.1. The average molecular weight is 194 g/mol. The van der Waals surface area contributed by atoms with Gasteiger partial charge in [0.05, 0.1) is 6.61 Å². The minimum Gasteiger partial charge on any atom is -0.252 e. The SMILES string of the molecule is CC(C)c1cccc(C(C)COO)c1. The first-order chi connectivity index (χ1) is 6.65. The fraction of sp³-hybridized carbons (Fsp3) is 0.500. The van der Waals surface area contributed by atoms with Gasteiger partial charge in [0.2, 0.25) is 0 Å². The second-order valence-electron chi connectivity index (χ2n) is 4.02. The zero-order valence-electron chi connectivity index (χ0n) is 9.03. The molecule has 0 spiro atoms. The van der Waals surface area contributed by atoms with E-state index in [0.29, 0.717) is 12.5 Å². The van der Waals surface area contributed by atoms with Gasteiger partial charge in [-0.25, -0.2) is 4.89 Å². The topological polar surface area (TPSA) is 29.5 Å². The summed E-state index contributed by atoms with van der Waals surface area (Å²) in [5.74, 6) is 0.774. The molecule has 0 bridgehead atoms. The minimum absolute atomic E-state index is 0.235. The van der Waals surface area contributed by atoms with Crippen LogP contribution in [-0.4, -0.2) is 11.9 Å². The Labute approximate surface area is 85.5 Å². The van der Waals surface area contributed by atoms with Crippen LogP contribution in [0.5, 0.6) is 0 Å². The van der Waals surface area contributed by atoms with Crippen LogP contribution < -0.4 is 0 Å². The Bertz CT molecular complexity index is 281. The van der Waals surface area contributed by atoms with E-state index in [-0.39, 0.29) is 5.92 Å². The van der Waals surface area contributed by atoms with Crippen molar-refractivity contribution in [2.75, 3.05) is 6.61 Å². The van der Waals surface area contributed by atoms with E-state index in [1.54, 1.807) is 0 Å². The molecule has 2 nitrogen and oxygen atoms in total. The van der Waals surface area contributed by atoms with E-state index in [0.717, 1.165) is 0 Å². The standard InChI is InChI=1S/C12H18O2/c1-9(2)11-5-4-6-12(7-11)10(3)8-14-13/h4-7,9-10,13H,8H2,1-3H3. The van der Waals surface area contributed by atoms with Gasteiger partial charge in [-0.05, 0) is 17.0 Å². The van der Waals surface area contributed by atoms with Gasteiger partial charge in [-0.1, -0.05) is 45.0 Å². The third kappa shape index (κ3) is 2.82. The maximum absolute atomic E-state index is 8.38. The molecule has 2 heteroatoms. The molecule has 0 heterocycles. The molecule has 14 heavy (non-hydrogen) atoms. The van der Waals surface area contributed by atoms with E-state index in [1.807, 2.05) is 6.92 Å². The van der Waals surface area contributed by atoms with Gasteiger partial charge in [0, 0.05) is 5.92 Å². The smallest absolute Gasteiger partial charge is 0.0885 e. The van der Waals surface area contributed by atoms with E-state index in [2.05, 4.69) is 43.0 Å². The zero-order chi connectivity index (χ0) is 10.6. The van der Waals surface area contributed by atoms with E-state index in [9.17, 15) is 0 Å². The Kier molecular flexibility index (Phi) is 4.11. The molecular formula is C12H18O2. The average Bonchev–Trinajstić information content (AvgIpc) is 2.18. The summed E-state index contributed by atoms with van der Waals surface area (Å²) in [6, 6.07) is 8.42. The molecule has 1 unspecified atom stereocenters. The fourth-order valence-corrected chi connectivity index (χ4v) is 1.43. The first kappa shape index (κ1) is 11.2. The van der Waals surface area contributed by atoms with Gasteiger partial charge in [0.15, 0.2) is 0 Å². The Balaban J connectivity index is 2.82. The molecule has 0 fully saturated rings. The number of hydrogen-bond donors (Lipinski definition) is 1. The Morgan fingerprint density at radius 3 is 2.43 bits per heavy atom. The summed E-state index contributed by atoms with van der Waals surface area (Å²) >= 11 is 0. The highest BCUT2D eigenvalue weighted by Crippen LogP contribution is 2.21. The van der Waals surface area contributed by atoms with Crippen molar-refractivity contribution in [1.29, 1.82) is 0 Å². The summed E-state index contributed by atoms with van der Waals surface area (Å²) in [5.41, 5.74) is 2.54. The van der Waals surface area contributed by atoms with Crippen molar-refractivity contribution in [1.82, 2.24) is 0 Å². The van der Waals surface area contributed by atoms with Crippen molar-refractivity contribution < 1.29 is 10.1 Å². The van der Waals surface area contributed by atoms with Crippen LogP contribution in [0.2, 0.25) is 0 Å². The summed E-state index contributed by atoms with van der Waals surface area (Å²) < 4.78 is 0. The van der Waals surface area contributed by atoms with Crippen LogP contribution in [0.1, 0.15) is 43.7 Å². The number of benzene rings is 1. The summed E-state index contributed by atoms with van der Waals surface area (Å²) in [6.07, 6.45) is 0. The first-order valence-electron chi connectivity index (χ1n) is 5.01. The third-order valence-corrected chi connectivity index (χ3v) is 2.47. The fourth-order valence-electron chi connectivity index (χ4n) is 1.43. The lowest BCUT2D eigenvalue weighted by Gasteiger charge is -2.12. The molecule has 0 saturated carbocycles. The van der Waals surface area contributed by atoms with Gasteiger partial charge in [-0.3, -0.25) is 5.26 Å². The molecule has 0 amide bonds. The van der Waals surface area contributed by atoms with Crippen molar-refractivity contribution in [2.24, 2.45) is 0 Å². The van der Waals surface area contributed by atoms with Crippen molar-refractivity contribution in [3.63, 3.8) is 0 Å². The highest BCUT2D eigenvalue weighted by Gasteiger charge is 2.07. The monoisotopic (exact) mass is 194 g/mol. The molecule has 0 aliphatic heterocycles. The Hall–Kier alpha value is -0.860. The van der Waals surface area contributed by atoms with Gasteiger partial charge < -0.3 is 0 Å². The summed E-state index contributed by atoms with van der Waals surface area (Å²) in [7, 11) is 0. The number of rotatable bonds is 4. The molecule has 0 aromatic heterocycles. The first-order valence-corrected chi connectivity index (χ1v) is 5.01. The molecule has 1 aromatic carbocycles. The van der Waals surface area contributed by atoms with Crippen LogP contribution in [0.4, 0.5) is 0 Å². The summed E-state index contributed by atoms with van der Waals surface area (Å²) in [4.78, 5) is 4.16. The van der Waals surface area contributed by atoms with Gasteiger partial charge in [-0.15, -0.1) is 0 Å². The predicted molar refractivity (Wildman–Crippen MR) is 57.5 cm³/mol. The van der Waals surface area contributed by atoms with Crippen LogP contribution >= 0.6 is 0 Å². The number of hydrogen-bond acceptors (Lipinski definition) is 2. The zero-order valence-corrected chi connectivity index (χ0v) is 9.03. The van der Waals surface area contributed by atoms with Crippen LogP contribution in [0.25, 0.3) is 0 Å². The van der Waals surface area contributed by atoms with Crippen molar-refractivity contribution in [3.05, 3.63) is 35.4 Å². The third-order valence-electron chi connectivity index (χ3n) is 2.47. The molecule has 1 aromatic rings. The maximum Gasteiger partial charge on any atom is 0.0885 e. The van der Waals surface area contributed by atoms with Crippen molar-refractivity contribution in [2.45, 2.75) is 32.6 Å². The van der Waals surface area contributed by atoms with E-state index in [1.165, 1.54) is 11.1 Å². The molecule has 78 valence electrons. The van der Waals surface area contributed by atoms with E-state index >= 15 is 0 Å². The van der Waals surface area contributed by atoms with E-state index < -0.39 is 0 Å². The molecule has 1 N–H and O–H groups in total. The summed E-state index contributed by atoms with van der Waals surface area (Å²) in [5, 5.41) is 8.38. The molecule has 0 aliphatic rings. The van der Waals surface area contributed by atoms with Gasteiger partial charge >= 0.3 is 0 Å². The van der Waals surface area contributed by atoms with Gasteiger partial charge in [0.25, 0.3) is 0 Å². The second-order valence-corrected chi connectivity index (χ2v) is 4.02. The lowest BCUT2D eigenvalue weighted by Crippen LogP contribution is -2.02. The van der Waals surface area contributed by atoms with Gasteiger partial charge in [-0.2, -0.15) is 0 Å². The van der Waals surface area contributed by atoms with Crippen molar-refractivity contribution in [3.8, 4) is 0 Å². The normalized spacial score (nSPS) is 13.2. The van der Waals surface area contributed by atoms with Gasteiger partial charge in [0.1, 0.15) is 0 Å². The quantitative estimate of drug-likeness (QED) is 0.588. The lowest BCUT2D eigenvalue weighted by molar-refractivity contribution is -0.245. The Morgan fingerprint density at radius 1 is 1.21 bits per heavy atom. The molecular weight excluding hydrogens is 176 g/mol. The van der Waals surface area contributed by atoms with Crippen LogP contribution in [0.15, 0.2) is 24.3 Å². The highest BCUT2D eigenvalue weighted by molar-refractivity contribution is 5.28. The van der Waals surface area contributed by atoms with Crippen LogP contribution in [0, 0.1) is 0 Å². The predicted octanol–water partition coefficient (Wildman–Crippen LogP) is 3.40. The molecule has 1 atom stereocenters. The van der Waals surface area contributed by atoms with Crippen LogP contribution in [-0.2, 0) is 4.89 Å². The Morgan fingerprint density at radius 2 is 1.86 bits per heavy atom. The largest absolute Gasteiger partial charge is 0.252 e. The molecule has 0 saturated heterocycles. The van der Waals surface area contributed by atoms with Crippen molar-refractivity contribution >= 4 is 0 Å². The minimum atomic E-state index is 0.235. The molecule has 1 rings (SSSR count). The van der Waals surface area contributed by atoms with Crippen LogP contribution in [0.3, 0.4) is 0 Å². The molecule has 0 radical (unpaired) electrons. The summed E-state index contributed by atoms with van der Waals surface area (Å²) in [6.45, 7) is 6.73. The van der Waals surface area contributed by atoms with E-state index in [4.69, 9.17) is 5.26 Å². The second kappa shape index (κ2) is 5.13. The molecule has 0 aliphatic carbocycles. The maximum atomic E-state index is 8.38.